The number of carbonyl (C=O) groups is 1. The lowest BCUT2D eigenvalue weighted by Crippen LogP contribution is -2.28. The summed E-state index contributed by atoms with van der Waals surface area (Å²) < 4.78 is 16.6. The second kappa shape index (κ2) is 11.2. The Kier molecular flexibility index (Phi) is 8.65. The van der Waals surface area contributed by atoms with E-state index in [2.05, 4.69) is 12.2 Å². The van der Waals surface area contributed by atoms with Crippen molar-refractivity contribution in [3.63, 3.8) is 0 Å². The van der Waals surface area contributed by atoms with Crippen molar-refractivity contribution in [2.75, 3.05) is 13.2 Å². The Morgan fingerprint density at radius 3 is 2.11 bits per heavy atom. The highest BCUT2D eigenvalue weighted by Gasteiger charge is 2.04. The van der Waals surface area contributed by atoms with Crippen LogP contribution in [0.5, 0.6) is 11.5 Å². The van der Waals surface area contributed by atoms with E-state index in [0.29, 0.717) is 25.5 Å². The molecule has 2 aromatic carbocycles. The van der Waals surface area contributed by atoms with E-state index in [1.165, 1.54) is 0 Å². The van der Waals surface area contributed by atoms with Crippen LogP contribution >= 0.6 is 0 Å². The molecule has 5 heteroatoms. The fraction of sp³-hybridized carbons (Fsp3) is 0.409. The van der Waals surface area contributed by atoms with Gasteiger partial charge in [0.05, 0.1) is 19.3 Å². The molecule has 2 aromatic rings. The molecule has 27 heavy (non-hydrogen) atoms. The number of ether oxygens (including phenoxy) is 3. The van der Waals surface area contributed by atoms with Gasteiger partial charge in [-0.15, -0.1) is 0 Å². The molecule has 0 aliphatic carbocycles. The molecule has 0 aliphatic heterocycles. The molecule has 0 atom stereocenters. The number of amides is 1. The molecule has 0 aromatic heterocycles. The summed E-state index contributed by atoms with van der Waals surface area (Å²) in [5, 5.41) is 2.86. The van der Waals surface area contributed by atoms with E-state index in [-0.39, 0.29) is 18.6 Å². The predicted octanol–water partition coefficient (Wildman–Crippen LogP) is 4.10. The van der Waals surface area contributed by atoms with Gasteiger partial charge in [0.2, 0.25) is 0 Å². The standard InChI is InChI=1S/C22H29NO4/c1-4-13-25-20-9-11-21(12-10-20)27-16-22(24)23-14-18-5-7-19(8-6-18)15-26-17(2)3/h5-12,17H,4,13-16H2,1-3H3,(H,23,24). The van der Waals surface area contributed by atoms with Crippen molar-refractivity contribution < 1.29 is 19.0 Å². The Balaban J connectivity index is 1.69. The van der Waals surface area contributed by atoms with E-state index < -0.39 is 0 Å². The largest absolute Gasteiger partial charge is 0.494 e. The minimum atomic E-state index is -0.159. The molecular weight excluding hydrogens is 342 g/mol. The minimum Gasteiger partial charge on any atom is -0.494 e. The van der Waals surface area contributed by atoms with E-state index in [9.17, 15) is 4.79 Å². The van der Waals surface area contributed by atoms with Crippen LogP contribution in [0.4, 0.5) is 0 Å². The second-order valence-corrected chi connectivity index (χ2v) is 6.56. The highest BCUT2D eigenvalue weighted by atomic mass is 16.5. The lowest BCUT2D eigenvalue weighted by molar-refractivity contribution is -0.123. The molecule has 0 saturated heterocycles. The fourth-order valence-corrected chi connectivity index (χ4v) is 2.27. The molecule has 0 bridgehead atoms. The number of rotatable bonds is 11. The first-order valence-electron chi connectivity index (χ1n) is 9.38. The molecule has 1 N–H and O–H groups in total. The van der Waals surface area contributed by atoms with Crippen LogP contribution in [-0.4, -0.2) is 25.2 Å². The summed E-state index contributed by atoms with van der Waals surface area (Å²) in [6, 6.07) is 15.3. The molecule has 0 saturated carbocycles. The van der Waals surface area contributed by atoms with Crippen molar-refractivity contribution >= 4 is 5.91 Å². The number of hydrogen-bond donors (Lipinski definition) is 1. The summed E-state index contributed by atoms with van der Waals surface area (Å²) in [5.41, 5.74) is 2.16. The first-order chi connectivity index (χ1) is 13.1. The lowest BCUT2D eigenvalue weighted by atomic mass is 10.1. The van der Waals surface area contributed by atoms with Gasteiger partial charge in [-0.2, -0.15) is 0 Å². The molecule has 5 nitrogen and oxygen atoms in total. The van der Waals surface area contributed by atoms with Crippen LogP contribution in [0.2, 0.25) is 0 Å². The highest BCUT2D eigenvalue weighted by Crippen LogP contribution is 2.17. The SMILES string of the molecule is CCCOc1ccc(OCC(=O)NCc2ccc(COC(C)C)cc2)cc1. The van der Waals surface area contributed by atoms with Gasteiger partial charge < -0.3 is 19.5 Å². The highest BCUT2D eigenvalue weighted by molar-refractivity contribution is 5.77. The van der Waals surface area contributed by atoms with Crippen molar-refractivity contribution in [1.29, 1.82) is 0 Å². The zero-order valence-electron chi connectivity index (χ0n) is 16.4. The van der Waals surface area contributed by atoms with E-state index in [4.69, 9.17) is 14.2 Å². The van der Waals surface area contributed by atoms with Crippen LogP contribution in [0, 0.1) is 0 Å². The van der Waals surface area contributed by atoms with Gasteiger partial charge >= 0.3 is 0 Å². The van der Waals surface area contributed by atoms with Gasteiger partial charge in [0, 0.05) is 6.54 Å². The Hall–Kier alpha value is -2.53. The first kappa shape index (κ1) is 20.8. The van der Waals surface area contributed by atoms with Gasteiger partial charge in [-0.25, -0.2) is 0 Å². The van der Waals surface area contributed by atoms with Gasteiger partial charge in [0.15, 0.2) is 6.61 Å². The molecule has 2 rings (SSSR count). The molecule has 0 spiro atoms. The van der Waals surface area contributed by atoms with Crippen molar-refractivity contribution in [1.82, 2.24) is 5.32 Å². The Morgan fingerprint density at radius 2 is 1.52 bits per heavy atom. The van der Waals surface area contributed by atoms with Gasteiger partial charge in [0.1, 0.15) is 11.5 Å². The normalized spacial score (nSPS) is 10.7. The zero-order valence-corrected chi connectivity index (χ0v) is 16.4. The molecule has 1 amide bonds. The predicted molar refractivity (Wildman–Crippen MR) is 106 cm³/mol. The maximum Gasteiger partial charge on any atom is 0.258 e. The quantitative estimate of drug-likeness (QED) is 0.646. The third kappa shape index (κ3) is 8.13. The van der Waals surface area contributed by atoms with Crippen LogP contribution in [0.1, 0.15) is 38.3 Å². The fourth-order valence-electron chi connectivity index (χ4n) is 2.27. The summed E-state index contributed by atoms with van der Waals surface area (Å²) in [4.78, 5) is 12.0. The Labute approximate surface area is 161 Å². The maximum atomic E-state index is 12.0. The number of hydrogen-bond acceptors (Lipinski definition) is 4. The molecule has 0 aliphatic rings. The minimum absolute atomic E-state index is 0.0184. The number of carbonyl (C=O) groups excluding carboxylic acids is 1. The van der Waals surface area contributed by atoms with Crippen LogP contribution in [0.15, 0.2) is 48.5 Å². The lowest BCUT2D eigenvalue weighted by Gasteiger charge is -2.10. The van der Waals surface area contributed by atoms with E-state index >= 15 is 0 Å². The topological polar surface area (TPSA) is 56.8 Å². The first-order valence-corrected chi connectivity index (χ1v) is 9.38. The monoisotopic (exact) mass is 371 g/mol. The summed E-state index contributed by atoms with van der Waals surface area (Å²) in [7, 11) is 0. The van der Waals surface area contributed by atoms with Crippen molar-refractivity contribution in [3.05, 3.63) is 59.7 Å². The number of benzene rings is 2. The third-order valence-electron chi connectivity index (χ3n) is 3.76. The summed E-state index contributed by atoms with van der Waals surface area (Å²) in [6.07, 6.45) is 1.18. The van der Waals surface area contributed by atoms with E-state index in [1.54, 1.807) is 12.1 Å². The molecule has 0 fully saturated rings. The summed E-state index contributed by atoms with van der Waals surface area (Å²) in [5.74, 6) is 1.29. The van der Waals surface area contributed by atoms with Crippen molar-refractivity contribution in [3.8, 4) is 11.5 Å². The molecule has 0 radical (unpaired) electrons. The van der Waals surface area contributed by atoms with Crippen molar-refractivity contribution in [2.45, 2.75) is 46.4 Å². The van der Waals surface area contributed by atoms with E-state index in [1.807, 2.05) is 50.2 Å². The molecule has 0 heterocycles. The maximum absolute atomic E-state index is 12.0. The average molecular weight is 371 g/mol. The smallest absolute Gasteiger partial charge is 0.258 e. The van der Waals surface area contributed by atoms with Crippen LogP contribution in [-0.2, 0) is 22.7 Å². The summed E-state index contributed by atoms with van der Waals surface area (Å²) >= 11 is 0. The summed E-state index contributed by atoms with van der Waals surface area (Å²) in [6.45, 7) is 7.83. The molecule has 0 unspecified atom stereocenters. The average Bonchev–Trinajstić information content (AvgIpc) is 2.69. The van der Waals surface area contributed by atoms with E-state index in [0.717, 1.165) is 23.3 Å². The third-order valence-corrected chi connectivity index (χ3v) is 3.76. The van der Waals surface area contributed by atoms with Gasteiger partial charge in [0.25, 0.3) is 5.91 Å². The van der Waals surface area contributed by atoms with Gasteiger partial charge in [-0.3, -0.25) is 4.79 Å². The van der Waals surface area contributed by atoms with Crippen LogP contribution < -0.4 is 14.8 Å². The number of nitrogens with one attached hydrogen (secondary N) is 1. The van der Waals surface area contributed by atoms with Gasteiger partial charge in [-0.05, 0) is 55.7 Å². The second-order valence-electron chi connectivity index (χ2n) is 6.56. The van der Waals surface area contributed by atoms with Crippen molar-refractivity contribution in [2.24, 2.45) is 0 Å². The Morgan fingerprint density at radius 1 is 0.926 bits per heavy atom. The van der Waals surface area contributed by atoms with Crippen LogP contribution in [0.25, 0.3) is 0 Å². The van der Waals surface area contributed by atoms with Gasteiger partial charge in [-0.1, -0.05) is 31.2 Å². The zero-order chi connectivity index (χ0) is 19.5. The molecular formula is C22H29NO4. The molecule has 146 valence electrons. The Bertz CT molecular complexity index is 680. The van der Waals surface area contributed by atoms with Crippen LogP contribution in [0.3, 0.4) is 0 Å².